The van der Waals surface area contributed by atoms with E-state index in [1.54, 1.807) is 18.3 Å². The smallest absolute Gasteiger partial charge is 0.272 e. The number of aromatic nitrogens is 1. The van der Waals surface area contributed by atoms with Gasteiger partial charge in [0.2, 0.25) is 0 Å². The monoisotopic (exact) mass is 265 g/mol. The van der Waals surface area contributed by atoms with Gasteiger partial charge < -0.3 is 20.4 Å². The minimum Gasteiger partial charge on any atom is -0.388 e. The average molecular weight is 265 g/mol. The molecule has 1 aromatic rings. The van der Waals surface area contributed by atoms with Gasteiger partial charge in [0.1, 0.15) is 5.69 Å². The quantitative estimate of drug-likeness (QED) is 0.718. The number of amides is 1. The third kappa shape index (κ3) is 3.21. The van der Waals surface area contributed by atoms with Crippen LogP contribution in [0.1, 0.15) is 23.8 Å². The van der Waals surface area contributed by atoms with E-state index in [2.05, 4.69) is 17.2 Å². The minimum absolute atomic E-state index is 0.150. The number of nitrogens with one attached hydrogen (secondary N) is 1. The molecule has 0 radical (unpaired) electrons. The second-order valence-electron chi connectivity index (χ2n) is 4.70. The van der Waals surface area contributed by atoms with Crippen molar-refractivity contribution in [1.29, 1.82) is 0 Å². The summed E-state index contributed by atoms with van der Waals surface area (Å²) in [5.74, 6) is -0.266. The molecule has 1 aliphatic heterocycles. The number of aliphatic hydroxyl groups is 2. The Labute approximate surface area is 112 Å². The van der Waals surface area contributed by atoms with Gasteiger partial charge in [-0.2, -0.15) is 0 Å². The Morgan fingerprint density at radius 1 is 1.42 bits per heavy atom. The second kappa shape index (κ2) is 5.99. The van der Waals surface area contributed by atoms with E-state index < -0.39 is 12.2 Å². The zero-order valence-electron chi connectivity index (χ0n) is 10.9. The van der Waals surface area contributed by atoms with Crippen LogP contribution in [0.15, 0.2) is 18.3 Å². The molecule has 1 aromatic heterocycles. The van der Waals surface area contributed by atoms with Crippen molar-refractivity contribution >= 4 is 11.6 Å². The van der Waals surface area contributed by atoms with Crippen molar-refractivity contribution in [3.8, 4) is 0 Å². The summed E-state index contributed by atoms with van der Waals surface area (Å²) in [5.41, 5.74) is 1.20. The molecule has 2 atom stereocenters. The lowest BCUT2D eigenvalue weighted by atomic mass is 10.3. The van der Waals surface area contributed by atoms with Crippen LogP contribution < -0.4 is 5.32 Å². The maximum atomic E-state index is 12.1. The molecular formula is C13H19N3O3. The number of carbonyl (C=O) groups excluding carboxylic acids is 1. The van der Waals surface area contributed by atoms with Gasteiger partial charge >= 0.3 is 0 Å². The van der Waals surface area contributed by atoms with Gasteiger partial charge in [-0.15, -0.1) is 0 Å². The number of β-amino-alcohol motifs (C(OH)–C–C–N with tert-alkyl or cyclic N) is 2. The molecule has 6 nitrogen and oxygen atoms in total. The number of pyridine rings is 1. The first kappa shape index (κ1) is 13.8. The Bertz CT molecular complexity index is 425. The van der Waals surface area contributed by atoms with Gasteiger partial charge in [0.25, 0.3) is 5.91 Å². The highest BCUT2D eigenvalue weighted by atomic mass is 16.3. The summed E-state index contributed by atoms with van der Waals surface area (Å²) in [6, 6.07) is 3.45. The van der Waals surface area contributed by atoms with E-state index >= 15 is 0 Å². The lowest BCUT2D eigenvalue weighted by Crippen LogP contribution is -2.30. The molecule has 2 heterocycles. The number of anilines is 1. The lowest BCUT2D eigenvalue weighted by molar-refractivity contribution is 0.0572. The molecule has 1 fully saturated rings. The Kier molecular flexibility index (Phi) is 4.34. The number of hydrogen-bond acceptors (Lipinski definition) is 5. The fourth-order valence-corrected chi connectivity index (χ4v) is 1.99. The molecule has 2 rings (SSSR count). The number of aliphatic hydroxyl groups excluding tert-OH is 2. The molecular weight excluding hydrogens is 246 g/mol. The fraction of sp³-hybridized carbons (Fsp3) is 0.538. The van der Waals surface area contributed by atoms with Crippen molar-refractivity contribution in [3.63, 3.8) is 0 Å². The van der Waals surface area contributed by atoms with Crippen LogP contribution in [-0.2, 0) is 0 Å². The van der Waals surface area contributed by atoms with Crippen molar-refractivity contribution in [2.24, 2.45) is 0 Å². The Morgan fingerprint density at radius 3 is 2.63 bits per heavy atom. The zero-order valence-corrected chi connectivity index (χ0v) is 10.9. The summed E-state index contributed by atoms with van der Waals surface area (Å²) in [4.78, 5) is 17.6. The predicted octanol–water partition coefficient (Wildman–Crippen LogP) is 0.0811. The first-order chi connectivity index (χ1) is 9.11. The SMILES string of the molecule is CCCNc1ccc(C(=O)N2CC(O)C(O)C2)nc1. The molecule has 1 saturated heterocycles. The van der Waals surface area contributed by atoms with Gasteiger partial charge in [0.15, 0.2) is 0 Å². The number of hydrogen-bond donors (Lipinski definition) is 3. The first-order valence-electron chi connectivity index (χ1n) is 6.47. The first-order valence-corrected chi connectivity index (χ1v) is 6.47. The molecule has 0 saturated carbocycles. The van der Waals surface area contributed by atoms with Gasteiger partial charge in [-0.3, -0.25) is 4.79 Å². The summed E-state index contributed by atoms with van der Waals surface area (Å²) in [5, 5.41) is 22.0. The van der Waals surface area contributed by atoms with E-state index in [0.29, 0.717) is 5.69 Å². The molecule has 1 aliphatic rings. The van der Waals surface area contributed by atoms with Gasteiger partial charge in [0.05, 0.1) is 24.1 Å². The standard InChI is InChI=1S/C13H19N3O3/c1-2-5-14-9-3-4-10(15-6-9)13(19)16-7-11(17)12(18)8-16/h3-4,6,11-12,14,17-18H,2,5,7-8H2,1H3. The Morgan fingerprint density at radius 2 is 2.11 bits per heavy atom. The van der Waals surface area contributed by atoms with Crippen LogP contribution >= 0.6 is 0 Å². The summed E-state index contributed by atoms with van der Waals surface area (Å²) < 4.78 is 0. The van der Waals surface area contributed by atoms with E-state index in [-0.39, 0.29) is 19.0 Å². The average Bonchev–Trinajstić information content (AvgIpc) is 2.76. The number of carbonyl (C=O) groups is 1. The minimum atomic E-state index is -0.866. The summed E-state index contributed by atoms with van der Waals surface area (Å²) in [6.45, 7) is 3.23. The number of likely N-dealkylation sites (tertiary alicyclic amines) is 1. The highest BCUT2D eigenvalue weighted by molar-refractivity contribution is 5.92. The van der Waals surface area contributed by atoms with Crippen LogP contribution in [0.25, 0.3) is 0 Å². The molecule has 0 aliphatic carbocycles. The predicted molar refractivity (Wildman–Crippen MR) is 70.9 cm³/mol. The van der Waals surface area contributed by atoms with E-state index in [1.807, 2.05) is 0 Å². The molecule has 0 aromatic carbocycles. The fourth-order valence-electron chi connectivity index (χ4n) is 1.99. The van der Waals surface area contributed by atoms with Crippen molar-refractivity contribution in [1.82, 2.24) is 9.88 Å². The molecule has 19 heavy (non-hydrogen) atoms. The summed E-state index contributed by atoms with van der Waals surface area (Å²) in [6.07, 6.45) is 0.902. The third-order valence-corrected chi connectivity index (χ3v) is 3.11. The van der Waals surface area contributed by atoms with Gasteiger partial charge in [-0.25, -0.2) is 4.98 Å². The topological polar surface area (TPSA) is 85.7 Å². The van der Waals surface area contributed by atoms with Crippen LogP contribution in [0.2, 0.25) is 0 Å². The molecule has 0 bridgehead atoms. The van der Waals surface area contributed by atoms with Crippen LogP contribution in [0.3, 0.4) is 0 Å². The van der Waals surface area contributed by atoms with E-state index in [1.165, 1.54) is 4.90 Å². The number of nitrogens with zero attached hydrogens (tertiary/aromatic N) is 2. The normalized spacial score (nSPS) is 22.6. The Balaban J connectivity index is 2.00. The van der Waals surface area contributed by atoms with Gasteiger partial charge in [-0.05, 0) is 18.6 Å². The summed E-state index contributed by atoms with van der Waals surface area (Å²) in [7, 11) is 0. The molecule has 0 spiro atoms. The molecule has 1 amide bonds. The number of rotatable bonds is 4. The van der Waals surface area contributed by atoms with Gasteiger partial charge in [0, 0.05) is 19.6 Å². The zero-order chi connectivity index (χ0) is 13.8. The van der Waals surface area contributed by atoms with Gasteiger partial charge in [-0.1, -0.05) is 6.92 Å². The van der Waals surface area contributed by atoms with Crippen molar-refractivity contribution in [2.45, 2.75) is 25.6 Å². The van der Waals surface area contributed by atoms with E-state index in [0.717, 1.165) is 18.7 Å². The largest absolute Gasteiger partial charge is 0.388 e. The maximum absolute atomic E-state index is 12.1. The molecule has 2 unspecified atom stereocenters. The second-order valence-corrected chi connectivity index (χ2v) is 4.70. The lowest BCUT2D eigenvalue weighted by Gasteiger charge is -2.14. The van der Waals surface area contributed by atoms with Crippen molar-refractivity contribution in [2.75, 3.05) is 25.0 Å². The van der Waals surface area contributed by atoms with Crippen LogP contribution in [0.4, 0.5) is 5.69 Å². The van der Waals surface area contributed by atoms with Crippen molar-refractivity contribution < 1.29 is 15.0 Å². The summed E-state index contributed by atoms with van der Waals surface area (Å²) >= 11 is 0. The highest BCUT2D eigenvalue weighted by Gasteiger charge is 2.33. The van der Waals surface area contributed by atoms with Crippen LogP contribution in [-0.4, -0.2) is 57.8 Å². The highest BCUT2D eigenvalue weighted by Crippen LogP contribution is 2.14. The third-order valence-electron chi connectivity index (χ3n) is 3.11. The Hall–Kier alpha value is -1.66. The van der Waals surface area contributed by atoms with Crippen molar-refractivity contribution in [3.05, 3.63) is 24.0 Å². The maximum Gasteiger partial charge on any atom is 0.272 e. The van der Waals surface area contributed by atoms with Crippen LogP contribution in [0, 0.1) is 0 Å². The van der Waals surface area contributed by atoms with E-state index in [4.69, 9.17) is 0 Å². The molecule has 104 valence electrons. The van der Waals surface area contributed by atoms with Crippen LogP contribution in [0.5, 0.6) is 0 Å². The molecule has 3 N–H and O–H groups in total. The molecule has 6 heteroatoms. The van der Waals surface area contributed by atoms with E-state index in [9.17, 15) is 15.0 Å².